The van der Waals surface area contributed by atoms with E-state index in [1.54, 1.807) is 13.3 Å². The Morgan fingerprint density at radius 2 is 1.96 bits per heavy atom. The fourth-order valence-corrected chi connectivity index (χ4v) is 2.79. The number of rotatable bonds is 5. The first kappa shape index (κ1) is 15.9. The van der Waals surface area contributed by atoms with Crippen LogP contribution in [0.25, 0.3) is 11.1 Å². The Morgan fingerprint density at radius 1 is 1.22 bits per heavy atom. The molecule has 23 heavy (non-hydrogen) atoms. The molecule has 1 fully saturated rings. The van der Waals surface area contributed by atoms with E-state index >= 15 is 0 Å². The van der Waals surface area contributed by atoms with E-state index in [4.69, 9.17) is 9.47 Å². The summed E-state index contributed by atoms with van der Waals surface area (Å²) in [5.74, 6) is 0.606. The molecule has 122 valence electrons. The van der Waals surface area contributed by atoms with E-state index in [0.717, 1.165) is 43.0 Å². The van der Waals surface area contributed by atoms with Crippen LogP contribution in [0.1, 0.15) is 11.7 Å². The van der Waals surface area contributed by atoms with Crippen LogP contribution >= 0.6 is 0 Å². The van der Waals surface area contributed by atoms with Crippen molar-refractivity contribution in [3.63, 3.8) is 0 Å². The van der Waals surface area contributed by atoms with Crippen molar-refractivity contribution in [2.75, 3.05) is 40.0 Å². The number of nitrogens with zero attached hydrogens (tertiary/aromatic N) is 2. The van der Waals surface area contributed by atoms with Crippen LogP contribution in [0.15, 0.2) is 42.6 Å². The zero-order valence-corrected chi connectivity index (χ0v) is 13.3. The second-order valence-electron chi connectivity index (χ2n) is 5.61. The molecule has 0 radical (unpaired) electrons. The molecule has 2 heterocycles. The molecule has 0 amide bonds. The monoisotopic (exact) mass is 314 g/mol. The van der Waals surface area contributed by atoms with Gasteiger partial charge in [-0.2, -0.15) is 0 Å². The molecule has 0 unspecified atom stereocenters. The summed E-state index contributed by atoms with van der Waals surface area (Å²) in [5, 5.41) is 10.4. The van der Waals surface area contributed by atoms with Crippen LogP contribution in [0, 0.1) is 0 Å². The Bertz CT molecular complexity index is 624. The minimum absolute atomic E-state index is 0.488. The van der Waals surface area contributed by atoms with Gasteiger partial charge in [0, 0.05) is 31.4 Å². The average molecular weight is 314 g/mol. The van der Waals surface area contributed by atoms with Gasteiger partial charge in [-0.25, -0.2) is 4.98 Å². The third-order valence-electron chi connectivity index (χ3n) is 4.11. The molecule has 1 N–H and O–H groups in total. The molecule has 1 aliphatic heterocycles. The molecular formula is C18H22N2O3. The molecule has 1 atom stereocenters. The second kappa shape index (κ2) is 7.55. The minimum atomic E-state index is -0.488. The maximum atomic E-state index is 10.4. The molecule has 1 aliphatic rings. The summed E-state index contributed by atoms with van der Waals surface area (Å²) in [4.78, 5) is 6.45. The third-order valence-corrected chi connectivity index (χ3v) is 4.11. The number of morpholine rings is 1. The number of aliphatic hydroxyl groups is 1. The average Bonchev–Trinajstić information content (AvgIpc) is 2.62. The summed E-state index contributed by atoms with van der Waals surface area (Å²) >= 11 is 0. The van der Waals surface area contributed by atoms with E-state index < -0.39 is 6.10 Å². The molecule has 1 saturated heterocycles. The van der Waals surface area contributed by atoms with E-state index in [-0.39, 0.29) is 0 Å². The quantitative estimate of drug-likeness (QED) is 0.916. The van der Waals surface area contributed by atoms with Crippen molar-refractivity contribution in [2.24, 2.45) is 0 Å². The number of methoxy groups -OCH3 is 1. The van der Waals surface area contributed by atoms with Crippen LogP contribution < -0.4 is 4.74 Å². The van der Waals surface area contributed by atoms with Gasteiger partial charge in [0.2, 0.25) is 5.88 Å². The molecule has 0 aliphatic carbocycles. The molecule has 2 aromatic rings. The van der Waals surface area contributed by atoms with Crippen molar-refractivity contribution in [1.29, 1.82) is 0 Å². The Labute approximate surface area is 136 Å². The summed E-state index contributed by atoms with van der Waals surface area (Å²) in [6.07, 6.45) is 1.22. The lowest BCUT2D eigenvalue weighted by Crippen LogP contribution is -2.38. The number of hydrogen-bond acceptors (Lipinski definition) is 5. The van der Waals surface area contributed by atoms with Gasteiger partial charge in [-0.15, -0.1) is 0 Å². The summed E-state index contributed by atoms with van der Waals surface area (Å²) in [6, 6.07) is 11.8. The molecule has 0 saturated carbocycles. The van der Waals surface area contributed by atoms with Gasteiger partial charge in [0.05, 0.1) is 26.4 Å². The van der Waals surface area contributed by atoms with Crippen LogP contribution in [0.4, 0.5) is 0 Å². The lowest BCUT2D eigenvalue weighted by atomic mass is 10.0. The fraction of sp³-hybridized carbons (Fsp3) is 0.389. The number of aliphatic hydroxyl groups excluding tert-OH is 1. The van der Waals surface area contributed by atoms with E-state index in [0.29, 0.717) is 12.4 Å². The van der Waals surface area contributed by atoms with Crippen molar-refractivity contribution in [3.05, 3.63) is 48.2 Å². The standard InChI is InChI=1S/C18H22N2O3/c1-22-18-16(3-2-8-19-18)14-4-6-15(7-5-14)17(21)13-20-9-11-23-12-10-20/h2-8,17,21H,9-13H2,1H3/t17-/m1/s1. The van der Waals surface area contributed by atoms with Crippen LogP contribution in [0.2, 0.25) is 0 Å². The van der Waals surface area contributed by atoms with E-state index in [1.807, 2.05) is 36.4 Å². The van der Waals surface area contributed by atoms with E-state index in [9.17, 15) is 5.11 Å². The molecule has 3 rings (SSSR count). The van der Waals surface area contributed by atoms with Crippen LogP contribution in [-0.2, 0) is 4.74 Å². The van der Waals surface area contributed by atoms with Gasteiger partial charge < -0.3 is 14.6 Å². The predicted molar refractivity (Wildman–Crippen MR) is 88.4 cm³/mol. The number of ether oxygens (including phenoxy) is 2. The molecular weight excluding hydrogens is 292 g/mol. The highest BCUT2D eigenvalue weighted by molar-refractivity contribution is 5.68. The normalized spacial score (nSPS) is 17.0. The van der Waals surface area contributed by atoms with E-state index in [2.05, 4.69) is 9.88 Å². The summed E-state index contributed by atoms with van der Waals surface area (Å²) in [5.41, 5.74) is 2.89. The van der Waals surface area contributed by atoms with Gasteiger partial charge in [-0.3, -0.25) is 4.90 Å². The van der Waals surface area contributed by atoms with Crippen molar-refractivity contribution < 1.29 is 14.6 Å². The lowest BCUT2D eigenvalue weighted by molar-refractivity contribution is 0.0143. The zero-order valence-electron chi connectivity index (χ0n) is 13.3. The lowest BCUT2D eigenvalue weighted by Gasteiger charge is -2.28. The van der Waals surface area contributed by atoms with Crippen molar-refractivity contribution in [3.8, 4) is 17.0 Å². The van der Waals surface area contributed by atoms with Gasteiger partial charge in [-0.05, 0) is 23.3 Å². The van der Waals surface area contributed by atoms with Gasteiger partial charge in [0.1, 0.15) is 0 Å². The maximum absolute atomic E-state index is 10.4. The maximum Gasteiger partial charge on any atom is 0.221 e. The summed E-state index contributed by atoms with van der Waals surface area (Å²) in [6.45, 7) is 3.88. The number of pyridine rings is 1. The first-order valence-corrected chi connectivity index (χ1v) is 7.85. The number of benzene rings is 1. The first-order chi connectivity index (χ1) is 11.3. The molecule has 0 bridgehead atoms. The van der Waals surface area contributed by atoms with Gasteiger partial charge in [-0.1, -0.05) is 24.3 Å². The highest BCUT2D eigenvalue weighted by atomic mass is 16.5. The second-order valence-corrected chi connectivity index (χ2v) is 5.61. The Balaban J connectivity index is 1.71. The molecule has 5 nitrogen and oxygen atoms in total. The fourth-order valence-electron chi connectivity index (χ4n) is 2.79. The highest BCUT2D eigenvalue weighted by Crippen LogP contribution is 2.28. The van der Waals surface area contributed by atoms with Crippen molar-refractivity contribution >= 4 is 0 Å². The topological polar surface area (TPSA) is 54.8 Å². The summed E-state index contributed by atoms with van der Waals surface area (Å²) < 4.78 is 10.6. The third kappa shape index (κ3) is 3.88. The smallest absolute Gasteiger partial charge is 0.221 e. The Hall–Kier alpha value is -1.95. The van der Waals surface area contributed by atoms with Crippen LogP contribution in [-0.4, -0.2) is 54.9 Å². The van der Waals surface area contributed by atoms with Crippen molar-refractivity contribution in [1.82, 2.24) is 9.88 Å². The number of β-amino-alcohol motifs (C(OH)–C–C–N with tert-alkyl or cyclic N) is 1. The van der Waals surface area contributed by atoms with Crippen molar-refractivity contribution in [2.45, 2.75) is 6.10 Å². The molecule has 1 aromatic carbocycles. The van der Waals surface area contributed by atoms with Gasteiger partial charge >= 0.3 is 0 Å². The predicted octanol–water partition coefficient (Wildman–Crippen LogP) is 2.12. The Morgan fingerprint density at radius 3 is 2.65 bits per heavy atom. The SMILES string of the molecule is COc1ncccc1-c1ccc([C@H](O)CN2CCOCC2)cc1. The zero-order chi connectivity index (χ0) is 16.1. The molecule has 0 spiro atoms. The largest absolute Gasteiger partial charge is 0.481 e. The van der Waals surface area contributed by atoms with Crippen LogP contribution in [0.3, 0.4) is 0 Å². The molecule has 5 heteroatoms. The molecule has 1 aromatic heterocycles. The Kier molecular flexibility index (Phi) is 5.23. The van der Waals surface area contributed by atoms with Gasteiger partial charge in [0.15, 0.2) is 0 Å². The first-order valence-electron chi connectivity index (χ1n) is 7.85. The van der Waals surface area contributed by atoms with E-state index in [1.165, 1.54) is 0 Å². The summed E-state index contributed by atoms with van der Waals surface area (Å²) in [7, 11) is 1.62. The van der Waals surface area contributed by atoms with Gasteiger partial charge in [0.25, 0.3) is 0 Å². The number of aromatic nitrogens is 1. The highest BCUT2D eigenvalue weighted by Gasteiger charge is 2.16. The minimum Gasteiger partial charge on any atom is -0.481 e. The van der Waals surface area contributed by atoms with Crippen LogP contribution in [0.5, 0.6) is 5.88 Å². The number of hydrogen-bond donors (Lipinski definition) is 1.